The summed E-state index contributed by atoms with van der Waals surface area (Å²) in [6.45, 7) is 11.5. The highest BCUT2D eigenvalue weighted by molar-refractivity contribution is 6.98. The van der Waals surface area contributed by atoms with E-state index in [9.17, 15) is 0 Å². The summed E-state index contributed by atoms with van der Waals surface area (Å²) in [5.74, 6) is 0. The van der Waals surface area contributed by atoms with E-state index >= 15 is 0 Å². The summed E-state index contributed by atoms with van der Waals surface area (Å²) >= 11 is 0. The molecule has 0 bridgehead atoms. The minimum absolute atomic E-state index is 0.0193. The SMILES string of the molecule is Cc1ccccc1N1c2cc3c(cc2N(c2ccccc2)[C@@H]1C)N(c1ccccc1)c1cc(C(C)(C)C)ccc1B3c1ccccc1. The maximum atomic E-state index is 2.53. The second kappa shape index (κ2) is 11.2. The molecule has 6 aromatic carbocycles. The molecule has 230 valence electrons. The van der Waals surface area contributed by atoms with E-state index in [1.54, 1.807) is 0 Å². The van der Waals surface area contributed by atoms with Crippen LogP contribution in [-0.4, -0.2) is 12.9 Å². The van der Waals surface area contributed by atoms with Gasteiger partial charge in [0.05, 0.1) is 11.4 Å². The standard InChI is InChI=1S/C43H40BN3/c1-30-17-15-16-24-38(30)46-31(2)45(34-20-11-7-12-21-34)42-29-40-37(28-41(42)46)44(33-18-9-6-10-19-33)36-26-25-32(43(3,4)5)27-39(36)47(40)35-22-13-8-14-23-35/h6-29,31H,1-5H3/t31-/m0/s1. The Bertz CT molecular complexity index is 2070. The Morgan fingerprint density at radius 3 is 1.74 bits per heavy atom. The molecule has 2 heterocycles. The lowest BCUT2D eigenvalue weighted by Crippen LogP contribution is -2.57. The molecule has 0 amide bonds. The van der Waals surface area contributed by atoms with E-state index in [1.165, 1.54) is 67.3 Å². The van der Waals surface area contributed by atoms with Crippen LogP contribution in [0.5, 0.6) is 0 Å². The Morgan fingerprint density at radius 1 is 0.511 bits per heavy atom. The summed E-state index contributed by atoms with van der Waals surface area (Å²) in [4.78, 5) is 7.54. The van der Waals surface area contributed by atoms with E-state index in [0.29, 0.717) is 0 Å². The summed E-state index contributed by atoms with van der Waals surface area (Å²) in [6, 6.07) is 53.7. The van der Waals surface area contributed by atoms with E-state index in [0.717, 1.165) is 0 Å². The first kappa shape index (κ1) is 29.2. The van der Waals surface area contributed by atoms with Crippen LogP contribution in [0.4, 0.5) is 39.8 Å². The maximum Gasteiger partial charge on any atom is 0.246 e. The molecule has 0 radical (unpaired) electrons. The van der Waals surface area contributed by atoms with Gasteiger partial charge in [-0.25, -0.2) is 0 Å². The zero-order chi connectivity index (χ0) is 32.3. The molecule has 0 aliphatic carbocycles. The van der Waals surface area contributed by atoms with Crippen LogP contribution in [0.1, 0.15) is 38.8 Å². The summed E-state index contributed by atoms with van der Waals surface area (Å²) < 4.78 is 0. The van der Waals surface area contributed by atoms with Gasteiger partial charge < -0.3 is 14.7 Å². The van der Waals surface area contributed by atoms with Gasteiger partial charge in [0.1, 0.15) is 6.17 Å². The van der Waals surface area contributed by atoms with Gasteiger partial charge in [-0.15, -0.1) is 0 Å². The fraction of sp³-hybridized carbons (Fsp3) is 0.163. The number of hydrogen-bond donors (Lipinski definition) is 0. The molecule has 3 nitrogen and oxygen atoms in total. The first-order chi connectivity index (χ1) is 22.8. The molecule has 6 aromatic rings. The smallest absolute Gasteiger partial charge is 0.246 e. The van der Waals surface area contributed by atoms with Gasteiger partial charge in [0.25, 0.3) is 0 Å². The Balaban J connectivity index is 1.46. The lowest BCUT2D eigenvalue weighted by molar-refractivity contribution is 0.590. The molecule has 0 fully saturated rings. The number of para-hydroxylation sites is 3. The topological polar surface area (TPSA) is 9.72 Å². The fourth-order valence-corrected chi connectivity index (χ4v) is 7.62. The molecule has 1 atom stereocenters. The first-order valence-corrected chi connectivity index (χ1v) is 16.7. The van der Waals surface area contributed by atoms with Gasteiger partial charge in [0.2, 0.25) is 6.71 Å². The van der Waals surface area contributed by atoms with Gasteiger partial charge >= 0.3 is 0 Å². The number of nitrogens with zero attached hydrogens (tertiary/aromatic N) is 3. The van der Waals surface area contributed by atoms with E-state index in [-0.39, 0.29) is 18.3 Å². The van der Waals surface area contributed by atoms with Crippen molar-refractivity contribution in [3.63, 3.8) is 0 Å². The van der Waals surface area contributed by atoms with Crippen LogP contribution in [0.25, 0.3) is 0 Å². The van der Waals surface area contributed by atoms with Crippen LogP contribution in [0.15, 0.2) is 146 Å². The minimum atomic E-state index is 0.0193. The molecular formula is C43H40BN3. The van der Waals surface area contributed by atoms with Gasteiger partial charge in [-0.1, -0.05) is 123 Å². The summed E-state index contributed by atoms with van der Waals surface area (Å²) in [5.41, 5.74) is 15.1. The molecule has 0 N–H and O–H groups in total. The summed E-state index contributed by atoms with van der Waals surface area (Å²) in [7, 11) is 0. The largest absolute Gasteiger partial charge is 0.318 e. The van der Waals surface area contributed by atoms with Crippen molar-refractivity contribution in [2.24, 2.45) is 0 Å². The molecule has 0 saturated heterocycles. The number of rotatable bonds is 4. The van der Waals surface area contributed by atoms with Crippen LogP contribution in [0, 0.1) is 6.92 Å². The number of benzene rings is 6. The van der Waals surface area contributed by atoms with E-state index in [2.05, 4.69) is 195 Å². The molecule has 4 heteroatoms. The fourth-order valence-electron chi connectivity index (χ4n) is 7.62. The van der Waals surface area contributed by atoms with Crippen LogP contribution >= 0.6 is 0 Å². The Kier molecular flexibility index (Phi) is 6.98. The monoisotopic (exact) mass is 609 g/mol. The van der Waals surface area contributed by atoms with E-state index < -0.39 is 0 Å². The molecule has 47 heavy (non-hydrogen) atoms. The predicted molar refractivity (Wildman–Crippen MR) is 202 cm³/mol. The summed E-state index contributed by atoms with van der Waals surface area (Å²) in [6.07, 6.45) is 0.0765. The first-order valence-electron chi connectivity index (χ1n) is 16.7. The van der Waals surface area contributed by atoms with Crippen molar-refractivity contribution >= 4 is 62.9 Å². The Labute approximate surface area is 279 Å². The normalized spacial score (nSPS) is 15.4. The number of anilines is 7. The molecule has 2 aliphatic rings. The van der Waals surface area contributed by atoms with Crippen molar-refractivity contribution in [2.75, 3.05) is 14.7 Å². The van der Waals surface area contributed by atoms with Crippen molar-refractivity contribution in [2.45, 2.75) is 46.2 Å². The molecule has 0 spiro atoms. The molecule has 0 aromatic heterocycles. The van der Waals surface area contributed by atoms with Gasteiger partial charge in [-0.3, -0.25) is 0 Å². The van der Waals surface area contributed by atoms with Crippen molar-refractivity contribution < 1.29 is 0 Å². The zero-order valence-electron chi connectivity index (χ0n) is 27.9. The van der Waals surface area contributed by atoms with Crippen LogP contribution in [-0.2, 0) is 5.41 Å². The molecular weight excluding hydrogens is 569 g/mol. The third kappa shape index (κ3) is 4.82. The third-order valence-electron chi connectivity index (χ3n) is 9.95. The van der Waals surface area contributed by atoms with Crippen LogP contribution in [0.3, 0.4) is 0 Å². The molecule has 0 saturated carbocycles. The summed E-state index contributed by atoms with van der Waals surface area (Å²) in [5, 5.41) is 0. The van der Waals surface area contributed by atoms with Crippen molar-refractivity contribution in [3.05, 3.63) is 157 Å². The highest BCUT2D eigenvalue weighted by atomic mass is 15.4. The van der Waals surface area contributed by atoms with Crippen LogP contribution < -0.4 is 31.1 Å². The average Bonchev–Trinajstić information content (AvgIpc) is 3.37. The predicted octanol–water partition coefficient (Wildman–Crippen LogP) is 9.23. The minimum Gasteiger partial charge on any atom is -0.318 e. The highest BCUT2D eigenvalue weighted by Gasteiger charge is 2.42. The second-order valence-corrected chi connectivity index (χ2v) is 13.9. The van der Waals surface area contributed by atoms with Crippen LogP contribution in [0.2, 0.25) is 0 Å². The zero-order valence-corrected chi connectivity index (χ0v) is 27.9. The second-order valence-electron chi connectivity index (χ2n) is 13.9. The third-order valence-corrected chi connectivity index (χ3v) is 9.95. The number of fused-ring (bicyclic) bond motifs is 3. The lowest BCUT2D eigenvalue weighted by atomic mass is 9.35. The van der Waals surface area contributed by atoms with Gasteiger partial charge in [0.15, 0.2) is 0 Å². The highest BCUT2D eigenvalue weighted by Crippen LogP contribution is 2.51. The molecule has 2 aliphatic heterocycles. The molecule has 8 rings (SSSR count). The van der Waals surface area contributed by atoms with Crippen molar-refractivity contribution in [1.29, 1.82) is 0 Å². The van der Waals surface area contributed by atoms with Gasteiger partial charge in [-0.2, -0.15) is 0 Å². The van der Waals surface area contributed by atoms with Gasteiger partial charge in [0, 0.05) is 28.4 Å². The quantitative estimate of drug-likeness (QED) is 0.184. The van der Waals surface area contributed by atoms with Crippen molar-refractivity contribution in [1.82, 2.24) is 0 Å². The molecule has 0 unspecified atom stereocenters. The number of hydrogen-bond acceptors (Lipinski definition) is 3. The van der Waals surface area contributed by atoms with Gasteiger partial charge in [-0.05, 0) is 89.8 Å². The van der Waals surface area contributed by atoms with Crippen molar-refractivity contribution in [3.8, 4) is 0 Å². The Hall–Kier alpha value is -5.22. The maximum absolute atomic E-state index is 2.53. The van der Waals surface area contributed by atoms with E-state index in [1.807, 2.05) is 0 Å². The average molecular weight is 610 g/mol. The number of aryl methyl sites for hydroxylation is 1. The lowest BCUT2D eigenvalue weighted by Gasteiger charge is -2.39. The Morgan fingerprint density at radius 2 is 1.09 bits per heavy atom. The van der Waals surface area contributed by atoms with E-state index in [4.69, 9.17) is 0 Å².